The number of piperidine rings is 1. The number of carbonyl (C=O) groups excluding carboxylic acids is 2. The molecule has 0 unspecified atom stereocenters. The van der Waals surface area contributed by atoms with Crippen molar-refractivity contribution < 1.29 is 14.1 Å². The van der Waals surface area contributed by atoms with Gasteiger partial charge in [-0.25, -0.2) is 4.98 Å². The molecule has 7 heteroatoms. The Balaban J connectivity index is 1.37. The molecule has 1 aliphatic heterocycles. The number of rotatable bonds is 4. The number of nitrogens with one attached hydrogen (secondary N) is 1. The van der Waals surface area contributed by atoms with Gasteiger partial charge in [0.05, 0.1) is 16.8 Å². The Labute approximate surface area is 204 Å². The van der Waals surface area contributed by atoms with Crippen LogP contribution in [0.2, 0.25) is 0 Å². The predicted octanol–water partition coefficient (Wildman–Crippen LogP) is 5.31. The van der Waals surface area contributed by atoms with Crippen LogP contribution in [-0.4, -0.2) is 39.9 Å². The molecule has 1 fully saturated rings. The first-order valence-corrected chi connectivity index (χ1v) is 11.9. The van der Waals surface area contributed by atoms with Crippen molar-refractivity contribution in [1.29, 1.82) is 0 Å². The molecule has 5 rings (SSSR count). The Hall–Kier alpha value is -4.00. The molecule has 0 bridgehead atoms. The number of anilines is 1. The fraction of sp³-hybridized carbons (Fsp3) is 0.286. The fourth-order valence-corrected chi connectivity index (χ4v) is 4.76. The van der Waals surface area contributed by atoms with Crippen molar-refractivity contribution in [1.82, 2.24) is 15.0 Å². The fourth-order valence-electron chi connectivity index (χ4n) is 4.76. The maximum Gasteiger partial charge on any atom is 0.254 e. The van der Waals surface area contributed by atoms with Crippen molar-refractivity contribution in [3.8, 4) is 11.3 Å². The molecule has 7 nitrogen and oxygen atoms in total. The SMILES string of the molecule is Cc1ccc(-c2cc(C(=O)N3CCC(C(=O)Nc4cc(C)on4)CC3)c3ccccc3n2)c(C)c1. The number of amides is 2. The topological polar surface area (TPSA) is 88.3 Å². The Morgan fingerprint density at radius 2 is 1.77 bits per heavy atom. The minimum absolute atomic E-state index is 0.0272. The van der Waals surface area contributed by atoms with E-state index in [0.29, 0.717) is 43.1 Å². The van der Waals surface area contributed by atoms with Crippen molar-refractivity contribution in [3.05, 3.63) is 77.0 Å². The van der Waals surface area contributed by atoms with Gasteiger partial charge in [-0.2, -0.15) is 0 Å². The average Bonchev–Trinajstić information content (AvgIpc) is 3.27. The number of pyridine rings is 1. The molecule has 0 aliphatic carbocycles. The van der Waals surface area contributed by atoms with Crippen LogP contribution in [0.1, 0.15) is 40.1 Å². The van der Waals surface area contributed by atoms with Gasteiger partial charge in [-0.05, 0) is 51.3 Å². The lowest BCUT2D eigenvalue weighted by atomic mass is 9.94. The summed E-state index contributed by atoms with van der Waals surface area (Å²) in [6, 6.07) is 17.6. The molecule has 35 heavy (non-hydrogen) atoms. The first kappa shape index (κ1) is 22.8. The summed E-state index contributed by atoms with van der Waals surface area (Å²) in [5.74, 6) is 0.784. The van der Waals surface area contributed by atoms with E-state index in [-0.39, 0.29) is 17.7 Å². The molecule has 2 aromatic carbocycles. The minimum Gasteiger partial charge on any atom is -0.360 e. The third-order valence-corrected chi connectivity index (χ3v) is 6.64. The number of nitrogens with zero attached hydrogens (tertiary/aromatic N) is 3. The van der Waals surface area contributed by atoms with Gasteiger partial charge < -0.3 is 14.7 Å². The summed E-state index contributed by atoms with van der Waals surface area (Å²) in [5, 5.41) is 7.48. The Morgan fingerprint density at radius 1 is 1.00 bits per heavy atom. The van der Waals surface area contributed by atoms with E-state index in [1.165, 1.54) is 5.56 Å². The molecule has 0 radical (unpaired) electrons. The summed E-state index contributed by atoms with van der Waals surface area (Å²) in [4.78, 5) is 33.0. The molecule has 1 saturated heterocycles. The summed E-state index contributed by atoms with van der Waals surface area (Å²) in [6.45, 7) is 6.95. The Morgan fingerprint density at radius 3 is 2.49 bits per heavy atom. The van der Waals surface area contributed by atoms with Crippen LogP contribution < -0.4 is 5.32 Å². The van der Waals surface area contributed by atoms with Crippen molar-refractivity contribution in [2.45, 2.75) is 33.6 Å². The van der Waals surface area contributed by atoms with Gasteiger partial charge in [0.15, 0.2) is 5.82 Å². The predicted molar refractivity (Wildman–Crippen MR) is 135 cm³/mol. The molecular weight excluding hydrogens is 440 g/mol. The molecule has 1 N–H and O–H groups in total. The highest BCUT2D eigenvalue weighted by molar-refractivity contribution is 6.07. The van der Waals surface area contributed by atoms with E-state index in [0.717, 1.165) is 27.7 Å². The number of hydrogen-bond donors (Lipinski definition) is 1. The first-order chi connectivity index (χ1) is 16.9. The number of benzene rings is 2. The van der Waals surface area contributed by atoms with Crippen LogP contribution >= 0.6 is 0 Å². The van der Waals surface area contributed by atoms with E-state index < -0.39 is 0 Å². The van der Waals surface area contributed by atoms with Crippen molar-refractivity contribution in [2.75, 3.05) is 18.4 Å². The second-order valence-electron chi connectivity index (χ2n) is 9.27. The van der Waals surface area contributed by atoms with Gasteiger partial charge in [-0.3, -0.25) is 9.59 Å². The van der Waals surface area contributed by atoms with Gasteiger partial charge in [0.25, 0.3) is 5.91 Å². The number of fused-ring (bicyclic) bond motifs is 1. The summed E-state index contributed by atoms with van der Waals surface area (Å²) in [5.41, 5.74) is 5.57. The Bertz CT molecular complexity index is 1420. The largest absolute Gasteiger partial charge is 0.360 e. The van der Waals surface area contributed by atoms with Crippen LogP contribution in [0.4, 0.5) is 5.82 Å². The van der Waals surface area contributed by atoms with Crippen LogP contribution in [-0.2, 0) is 4.79 Å². The average molecular weight is 469 g/mol. The van der Waals surface area contributed by atoms with E-state index in [9.17, 15) is 9.59 Å². The summed E-state index contributed by atoms with van der Waals surface area (Å²) < 4.78 is 5.02. The number of aromatic nitrogens is 2. The van der Waals surface area contributed by atoms with Crippen LogP contribution in [0.3, 0.4) is 0 Å². The lowest BCUT2D eigenvalue weighted by Crippen LogP contribution is -2.41. The summed E-state index contributed by atoms with van der Waals surface area (Å²) >= 11 is 0. The third-order valence-electron chi connectivity index (χ3n) is 6.64. The highest BCUT2D eigenvalue weighted by Gasteiger charge is 2.29. The maximum atomic E-state index is 13.7. The van der Waals surface area contributed by atoms with Crippen molar-refractivity contribution in [3.63, 3.8) is 0 Å². The summed E-state index contributed by atoms with van der Waals surface area (Å²) in [7, 11) is 0. The van der Waals surface area contributed by atoms with Gasteiger partial charge >= 0.3 is 0 Å². The minimum atomic E-state index is -0.170. The van der Waals surface area contributed by atoms with E-state index in [1.54, 1.807) is 13.0 Å². The molecule has 3 heterocycles. The second kappa shape index (κ2) is 9.33. The van der Waals surface area contributed by atoms with Gasteiger partial charge in [-0.15, -0.1) is 0 Å². The molecule has 4 aromatic rings. The van der Waals surface area contributed by atoms with Gasteiger partial charge in [0, 0.05) is 36.0 Å². The lowest BCUT2D eigenvalue weighted by molar-refractivity contribution is -0.121. The molecule has 0 saturated carbocycles. The van der Waals surface area contributed by atoms with E-state index >= 15 is 0 Å². The standard InChI is InChI=1S/C28H28N4O3/c1-17-8-9-21(18(2)14-17)25-16-23(22-6-4-5-7-24(22)29-25)28(34)32-12-10-20(11-13-32)27(33)30-26-15-19(3)35-31-26/h4-9,14-16,20H,10-13H2,1-3H3,(H,30,31,33). The second-order valence-corrected chi connectivity index (χ2v) is 9.27. The zero-order valence-electron chi connectivity index (χ0n) is 20.2. The first-order valence-electron chi connectivity index (χ1n) is 11.9. The number of para-hydroxylation sites is 1. The molecular formula is C28H28N4O3. The highest BCUT2D eigenvalue weighted by Crippen LogP contribution is 2.29. The van der Waals surface area contributed by atoms with Gasteiger partial charge in [-0.1, -0.05) is 47.1 Å². The van der Waals surface area contributed by atoms with Gasteiger partial charge in [0.2, 0.25) is 5.91 Å². The molecule has 1 aliphatic rings. The third kappa shape index (κ3) is 4.67. The van der Waals surface area contributed by atoms with E-state index in [1.807, 2.05) is 35.2 Å². The highest BCUT2D eigenvalue weighted by atomic mass is 16.5. The molecule has 178 valence electrons. The molecule has 2 amide bonds. The molecule has 0 spiro atoms. The monoisotopic (exact) mass is 468 g/mol. The summed E-state index contributed by atoms with van der Waals surface area (Å²) in [6.07, 6.45) is 1.20. The zero-order chi connectivity index (χ0) is 24.5. The molecule has 2 aromatic heterocycles. The smallest absolute Gasteiger partial charge is 0.254 e. The number of hydrogen-bond acceptors (Lipinski definition) is 5. The van der Waals surface area contributed by atoms with E-state index in [2.05, 4.69) is 42.5 Å². The van der Waals surface area contributed by atoms with Crippen molar-refractivity contribution in [2.24, 2.45) is 5.92 Å². The van der Waals surface area contributed by atoms with Crippen LogP contribution in [0.15, 0.2) is 59.1 Å². The number of likely N-dealkylation sites (tertiary alicyclic amines) is 1. The number of carbonyl (C=O) groups is 2. The zero-order valence-corrected chi connectivity index (χ0v) is 20.2. The van der Waals surface area contributed by atoms with Crippen LogP contribution in [0, 0.1) is 26.7 Å². The Kier molecular flexibility index (Phi) is 6.07. The van der Waals surface area contributed by atoms with Crippen LogP contribution in [0.25, 0.3) is 22.2 Å². The molecule has 0 atom stereocenters. The lowest BCUT2D eigenvalue weighted by Gasteiger charge is -2.31. The van der Waals surface area contributed by atoms with Crippen LogP contribution in [0.5, 0.6) is 0 Å². The normalized spacial score (nSPS) is 14.3. The van der Waals surface area contributed by atoms with Gasteiger partial charge in [0.1, 0.15) is 5.76 Å². The number of aryl methyl sites for hydroxylation is 3. The van der Waals surface area contributed by atoms with E-state index in [4.69, 9.17) is 9.51 Å². The quantitative estimate of drug-likeness (QED) is 0.439. The van der Waals surface area contributed by atoms with Crippen molar-refractivity contribution >= 4 is 28.5 Å². The maximum absolute atomic E-state index is 13.7.